The average molecular weight is 297 g/mol. The Morgan fingerprint density at radius 1 is 1.10 bits per heavy atom. The highest BCUT2D eigenvalue weighted by atomic mass is 31.1. The number of rotatable bonds is 9. The van der Waals surface area contributed by atoms with Gasteiger partial charge in [0.2, 0.25) is 5.30 Å². The van der Waals surface area contributed by atoms with Crippen LogP contribution >= 0.6 is 8.03 Å². The third-order valence-corrected chi connectivity index (χ3v) is 3.79. The summed E-state index contributed by atoms with van der Waals surface area (Å²) < 4.78 is 16.0. The lowest BCUT2D eigenvalue weighted by molar-refractivity contribution is 0.0497. The second-order valence-corrected chi connectivity index (χ2v) is 5.79. The van der Waals surface area contributed by atoms with E-state index in [1.165, 1.54) is 49.9 Å². The van der Waals surface area contributed by atoms with Gasteiger partial charge in [0.05, 0.1) is 12.2 Å². The van der Waals surface area contributed by atoms with Gasteiger partial charge in [-0.3, -0.25) is 0 Å². The van der Waals surface area contributed by atoms with Gasteiger partial charge in [0.25, 0.3) is 0 Å². The molecular weight excluding hydrogens is 275 g/mol. The van der Waals surface area contributed by atoms with Crippen LogP contribution in [0.4, 0.5) is 0 Å². The summed E-state index contributed by atoms with van der Waals surface area (Å²) in [4.78, 5) is 20.6. The van der Waals surface area contributed by atoms with E-state index in [4.69, 9.17) is 9.63 Å². The van der Waals surface area contributed by atoms with Gasteiger partial charge in [0.15, 0.2) is 0 Å². The molecule has 5 heteroatoms. The van der Waals surface area contributed by atoms with Crippen LogP contribution in [0.15, 0.2) is 24.3 Å². The first kappa shape index (κ1) is 16.8. The smallest absolute Gasteiger partial charge is 0.462 e. The van der Waals surface area contributed by atoms with Gasteiger partial charge < -0.3 is 4.74 Å². The quantitative estimate of drug-likeness (QED) is 0.430. The predicted octanol–water partition coefficient (Wildman–Crippen LogP) is 3.56. The summed E-state index contributed by atoms with van der Waals surface area (Å²) in [7, 11) is -2.35. The van der Waals surface area contributed by atoms with Gasteiger partial charge in [-0.05, 0) is 35.3 Å². The molecular formula is C15H22O4P+. The van der Waals surface area contributed by atoms with Crippen molar-refractivity contribution in [3.05, 3.63) is 29.8 Å². The highest BCUT2D eigenvalue weighted by Gasteiger charge is 2.16. The molecule has 0 heterocycles. The SMILES string of the molecule is CCCCCCCCOC(=O)c1ccc([P+](=O)O)cc1. The van der Waals surface area contributed by atoms with E-state index < -0.39 is 8.03 Å². The van der Waals surface area contributed by atoms with Crippen LogP contribution in [0, 0.1) is 0 Å². The monoisotopic (exact) mass is 297 g/mol. The van der Waals surface area contributed by atoms with Gasteiger partial charge in [-0.2, -0.15) is 4.89 Å². The first-order chi connectivity index (χ1) is 9.65. The van der Waals surface area contributed by atoms with E-state index in [0.29, 0.717) is 17.5 Å². The molecule has 1 unspecified atom stereocenters. The lowest BCUT2D eigenvalue weighted by Crippen LogP contribution is -2.07. The molecule has 0 amide bonds. The number of carbonyl (C=O) groups excluding carboxylic acids is 1. The minimum Gasteiger partial charge on any atom is -0.462 e. The summed E-state index contributed by atoms with van der Waals surface area (Å²) in [5, 5.41) is 0.312. The van der Waals surface area contributed by atoms with Gasteiger partial charge in [-0.25, -0.2) is 4.79 Å². The molecule has 0 saturated carbocycles. The Labute approximate surface area is 121 Å². The van der Waals surface area contributed by atoms with Crippen LogP contribution in [-0.4, -0.2) is 17.5 Å². The fourth-order valence-corrected chi connectivity index (χ4v) is 2.26. The maximum atomic E-state index is 11.7. The van der Waals surface area contributed by atoms with E-state index in [-0.39, 0.29) is 5.97 Å². The van der Waals surface area contributed by atoms with Crippen LogP contribution in [0.5, 0.6) is 0 Å². The molecule has 0 saturated heterocycles. The zero-order valence-corrected chi connectivity index (χ0v) is 12.8. The number of carbonyl (C=O) groups is 1. The standard InChI is InChI=1S/C15H21O4P/c1-2-3-4-5-6-7-12-19-15(16)13-8-10-14(11-9-13)20(17)18/h8-11H,2-7,12H2,1H3/p+1. The van der Waals surface area contributed by atoms with Crippen LogP contribution < -0.4 is 5.30 Å². The number of esters is 1. The predicted molar refractivity (Wildman–Crippen MR) is 79.6 cm³/mol. The maximum Gasteiger partial charge on any atom is 0.546 e. The third kappa shape index (κ3) is 6.27. The number of benzene rings is 1. The van der Waals surface area contributed by atoms with Crippen LogP contribution in [0.1, 0.15) is 55.8 Å². The summed E-state index contributed by atoms with van der Waals surface area (Å²) in [6, 6.07) is 5.98. The van der Waals surface area contributed by atoms with Gasteiger partial charge >= 0.3 is 14.0 Å². The minimum absolute atomic E-state index is 0.312. The molecule has 0 aromatic heterocycles. The molecule has 0 radical (unpaired) electrons. The molecule has 0 bridgehead atoms. The lowest BCUT2D eigenvalue weighted by atomic mass is 10.1. The lowest BCUT2D eigenvalue weighted by Gasteiger charge is -2.04. The molecule has 110 valence electrons. The first-order valence-corrected chi connectivity index (χ1v) is 8.29. The zero-order valence-electron chi connectivity index (χ0n) is 11.9. The molecule has 0 spiro atoms. The van der Waals surface area contributed by atoms with Crippen LogP contribution in [0.25, 0.3) is 0 Å². The fraction of sp³-hybridized carbons (Fsp3) is 0.533. The highest BCUT2D eigenvalue weighted by Crippen LogP contribution is 2.13. The summed E-state index contributed by atoms with van der Waals surface area (Å²) in [5.41, 5.74) is 0.414. The van der Waals surface area contributed by atoms with E-state index in [2.05, 4.69) is 6.92 Å². The molecule has 1 aromatic carbocycles. The summed E-state index contributed by atoms with van der Waals surface area (Å²) >= 11 is 0. The summed E-state index contributed by atoms with van der Waals surface area (Å²) in [6.07, 6.45) is 6.88. The molecule has 0 aliphatic carbocycles. The second kappa shape index (κ2) is 9.62. The van der Waals surface area contributed by atoms with Gasteiger partial charge in [-0.1, -0.05) is 39.0 Å². The summed E-state index contributed by atoms with van der Waals surface area (Å²) in [6.45, 7) is 2.61. The fourth-order valence-electron chi connectivity index (χ4n) is 1.86. The Hall–Kier alpha value is -1.25. The van der Waals surface area contributed by atoms with E-state index in [1.54, 1.807) is 0 Å². The van der Waals surface area contributed by atoms with Crippen molar-refractivity contribution in [3.8, 4) is 0 Å². The van der Waals surface area contributed by atoms with Gasteiger partial charge in [0, 0.05) is 0 Å². The van der Waals surface area contributed by atoms with E-state index in [9.17, 15) is 9.36 Å². The first-order valence-electron chi connectivity index (χ1n) is 7.08. The minimum atomic E-state index is -2.35. The van der Waals surface area contributed by atoms with Crippen molar-refractivity contribution < 1.29 is 19.0 Å². The average Bonchev–Trinajstić information content (AvgIpc) is 2.46. The molecule has 4 nitrogen and oxygen atoms in total. The van der Waals surface area contributed by atoms with Crippen LogP contribution in [-0.2, 0) is 9.30 Å². The molecule has 0 aliphatic heterocycles. The molecule has 20 heavy (non-hydrogen) atoms. The Morgan fingerprint density at radius 3 is 2.30 bits per heavy atom. The largest absolute Gasteiger partial charge is 0.546 e. The van der Waals surface area contributed by atoms with Gasteiger partial charge in [0.1, 0.15) is 0 Å². The Kier molecular flexibility index (Phi) is 8.08. The molecule has 1 rings (SSSR count). The molecule has 1 atom stereocenters. The second-order valence-electron chi connectivity index (χ2n) is 4.72. The van der Waals surface area contributed by atoms with Crippen LogP contribution in [0.3, 0.4) is 0 Å². The van der Waals surface area contributed by atoms with Crippen molar-refractivity contribution in [2.75, 3.05) is 6.61 Å². The van der Waals surface area contributed by atoms with Crippen molar-refractivity contribution in [2.45, 2.75) is 45.4 Å². The molecule has 1 aromatic rings. The van der Waals surface area contributed by atoms with Crippen molar-refractivity contribution in [1.82, 2.24) is 0 Å². The molecule has 0 fully saturated rings. The van der Waals surface area contributed by atoms with E-state index >= 15 is 0 Å². The highest BCUT2D eigenvalue weighted by molar-refractivity contribution is 7.47. The molecule has 0 aliphatic rings. The number of hydrogen-bond donors (Lipinski definition) is 1. The number of ether oxygens (including phenoxy) is 1. The zero-order chi connectivity index (χ0) is 14.8. The number of unbranched alkanes of at least 4 members (excludes halogenated alkanes) is 5. The number of hydrogen-bond acceptors (Lipinski definition) is 3. The maximum absolute atomic E-state index is 11.7. The third-order valence-electron chi connectivity index (χ3n) is 3.05. The van der Waals surface area contributed by atoms with Crippen LogP contribution in [0.2, 0.25) is 0 Å². The van der Waals surface area contributed by atoms with Crippen molar-refractivity contribution >= 4 is 19.3 Å². The van der Waals surface area contributed by atoms with Gasteiger partial charge in [-0.15, -0.1) is 0 Å². The van der Waals surface area contributed by atoms with Crippen molar-refractivity contribution in [3.63, 3.8) is 0 Å². The Bertz CT molecular complexity index is 428. The summed E-state index contributed by atoms with van der Waals surface area (Å²) in [5.74, 6) is -0.377. The van der Waals surface area contributed by atoms with E-state index in [1.807, 2.05) is 0 Å². The molecule has 1 N–H and O–H groups in total. The Balaban J connectivity index is 2.24. The normalized spacial score (nSPS) is 11.2. The topological polar surface area (TPSA) is 63.6 Å². The van der Waals surface area contributed by atoms with Crippen molar-refractivity contribution in [1.29, 1.82) is 0 Å². The Morgan fingerprint density at radius 2 is 1.70 bits per heavy atom. The van der Waals surface area contributed by atoms with Crippen molar-refractivity contribution in [2.24, 2.45) is 0 Å². The van der Waals surface area contributed by atoms with E-state index in [0.717, 1.165) is 12.8 Å².